The molecular formula is C19H31N7O3S. The van der Waals surface area contributed by atoms with Gasteiger partial charge in [-0.2, -0.15) is 9.40 Å². The Labute approximate surface area is 178 Å². The molecule has 10 nitrogen and oxygen atoms in total. The third kappa shape index (κ3) is 5.82. The lowest BCUT2D eigenvalue weighted by molar-refractivity contribution is 0.259. The molecule has 0 saturated carbocycles. The van der Waals surface area contributed by atoms with E-state index in [0.29, 0.717) is 38.4 Å². The second-order valence-corrected chi connectivity index (χ2v) is 9.34. The van der Waals surface area contributed by atoms with E-state index in [9.17, 15) is 8.42 Å². The van der Waals surface area contributed by atoms with Gasteiger partial charge in [0.1, 0.15) is 12.0 Å². The number of hydrogen-bond acceptors (Lipinski definition) is 6. The number of aliphatic imine (C=N–C) groups is 1. The molecule has 3 rings (SSSR count). The summed E-state index contributed by atoms with van der Waals surface area (Å²) in [7, 11) is -3.41. The van der Waals surface area contributed by atoms with Gasteiger partial charge in [-0.25, -0.2) is 8.42 Å². The van der Waals surface area contributed by atoms with Crippen molar-refractivity contribution < 1.29 is 12.9 Å². The summed E-state index contributed by atoms with van der Waals surface area (Å²) < 4.78 is 33.5. The van der Waals surface area contributed by atoms with Crippen molar-refractivity contribution in [3.63, 3.8) is 0 Å². The van der Waals surface area contributed by atoms with Crippen LogP contribution in [0.25, 0.3) is 0 Å². The fraction of sp³-hybridized carbons (Fsp3) is 0.632. The Bertz CT molecular complexity index is 929. The van der Waals surface area contributed by atoms with Gasteiger partial charge in [0.25, 0.3) is 0 Å². The van der Waals surface area contributed by atoms with Crippen LogP contribution in [0.15, 0.2) is 27.9 Å². The molecule has 1 aliphatic rings. The quantitative estimate of drug-likeness (QED) is 0.373. The smallest absolute Gasteiger partial charge is 0.220 e. The summed E-state index contributed by atoms with van der Waals surface area (Å²) in [6.07, 6.45) is 2.28. The largest absolute Gasteiger partial charge is 0.364 e. The van der Waals surface area contributed by atoms with E-state index >= 15 is 0 Å². The molecule has 11 heteroatoms. The second kappa shape index (κ2) is 10.1. The minimum atomic E-state index is -3.41. The molecule has 3 heterocycles. The Kier molecular flexibility index (Phi) is 7.48. The third-order valence-electron chi connectivity index (χ3n) is 4.98. The average molecular weight is 438 g/mol. The summed E-state index contributed by atoms with van der Waals surface area (Å²) in [6.45, 7) is 10.4. The number of aromatic nitrogens is 3. The molecule has 0 radical (unpaired) electrons. The molecule has 0 aliphatic carbocycles. The maximum atomic E-state index is 12.6. The van der Waals surface area contributed by atoms with Crippen LogP contribution in [-0.4, -0.2) is 77.8 Å². The molecule has 0 atom stereocenters. The molecule has 1 fully saturated rings. The van der Waals surface area contributed by atoms with Crippen LogP contribution in [0, 0.1) is 13.8 Å². The van der Waals surface area contributed by atoms with Crippen LogP contribution < -0.4 is 5.32 Å². The summed E-state index contributed by atoms with van der Waals surface area (Å²) in [6, 6.07) is 3.65. The van der Waals surface area contributed by atoms with Crippen molar-refractivity contribution in [3.8, 4) is 0 Å². The number of nitrogens with zero attached hydrogens (tertiary/aromatic N) is 6. The first-order chi connectivity index (χ1) is 14.4. The maximum absolute atomic E-state index is 12.6. The summed E-state index contributed by atoms with van der Waals surface area (Å²) in [5, 5.41) is 11.5. The van der Waals surface area contributed by atoms with Crippen molar-refractivity contribution in [2.45, 2.75) is 39.5 Å². The minimum Gasteiger partial charge on any atom is -0.364 e. The SMILES string of the molecule is CCNC(=NCCCn1nc(C)cc1C)N1CCN(S(=O)(=O)Cc2ccon2)CC1. The highest BCUT2D eigenvalue weighted by Gasteiger charge is 2.28. The molecule has 1 aliphatic heterocycles. The van der Waals surface area contributed by atoms with Gasteiger partial charge in [-0.15, -0.1) is 0 Å². The molecule has 1 saturated heterocycles. The third-order valence-corrected chi connectivity index (χ3v) is 6.79. The van der Waals surface area contributed by atoms with Gasteiger partial charge in [-0.3, -0.25) is 9.67 Å². The molecule has 2 aromatic rings. The van der Waals surface area contributed by atoms with Crippen LogP contribution in [0.2, 0.25) is 0 Å². The predicted molar refractivity (Wildman–Crippen MR) is 115 cm³/mol. The fourth-order valence-corrected chi connectivity index (χ4v) is 4.93. The Hall–Kier alpha value is -2.40. The van der Waals surface area contributed by atoms with E-state index in [1.54, 1.807) is 6.07 Å². The number of piperazine rings is 1. The first-order valence-corrected chi connectivity index (χ1v) is 11.9. The van der Waals surface area contributed by atoms with Gasteiger partial charge in [0, 0.05) is 57.6 Å². The molecule has 0 bridgehead atoms. The lowest BCUT2D eigenvalue weighted by atomic mass is 10.3. The first kappa shape index (κ1) is 22.3. The molecule has 0 aromatic carbocycles. The van der Waals surface area contributed by atoms with E-state index in [2.05, 4.69) is 33.5 Å². The topological polar surface area (TPSA) is 109 Å². The van der Waals surface area contributed by atoms with Gasteiger partial charge < -0.3 is 14.7 Å². The molecule has 30 heavy (non-hydrogen) atoms. The number of sulfonamides is 1. The van der Waals surface area contributed by atoms with Gasteiger partial charge in [0.05, 0.1) is 11.4 Å². The van der Waals surface area contributed by atoms with E-state index in [0.717, 1.165) is 36.9 Å². The summed E-state index contributed by atoms with van der Waals surface area (Å²) in [4.78, 5) is 6.86. The van der Waals surface area contributed by atoms with Gasteiger partial charge in [-0.1, -0.05) is 5.16 Å². The van der Waals surface area contributed by atoms with E-state index in [4.69, 9.17) is 9.52 Å². The van der Waals surface area contributed by atoms with Crippen molar-refractivity contribution in [2.75, 3.05) is 39.3 Å². The lowest BCUT2D eigenvalue weighted by Crippen LogP contribution is -2.53. The summed E-state index contributed by atoms with van der Waals surface area (Å²) in [5.74, 6) is 0.698. The number of rotatable bonds is 8. The van der Waals surface area contributed by atoms with E-state index in [1.165, 1.54) is 10.6 Å². The Balaban J connectivity index is 1.51. The highest BCUT2D eigenvalue weighted by molar-refractivity contribution is 7.88. The van der Waals surface area contributed by atoms with Gasteiger partial charge in [0.15, 0.2) is 5.96 Å². The maximum Gasteiger partial charge on any atom is 0.220 e. The van der Waals surface area contributed by atoms with Gasteiger partial charge >= 0.3 is 0 Å². The van der Waals surface area contributed by atoms with Crippen molar-refractivity contribution in [1.29, 1.82) is 0 Å². The second-order valence-electron chi connectivity index (χ2n) is 7.37. The van der Waals surface area contributed by atoms with Gasteiger partial charge in [-0.05, 0) is 33.3 Å². The molecule has 166 valence electrons. The number of guanidine groups is 1. The summed E-state index contributed by atoms with van der Waals surface area (Å²) >= 11 is 0. The van der Waals surface area contributed by atoms with Crippen molar-refractivity contribution >= 4 is 16.0 Å². The van der Waals surface area contributed by atoms with Crippen LogP contribution >= 0.6 is 0 Å². The molecule has 1 N–H and O–H groups in total. The predicted octanol–water partition coefficient (Wildman–Crippen LogP) is 0.991. The van der Waals surface area contributed by atoms with Crippen LogP contribution in [-0.2, 0) is 22.3 Å². The minimum absolute atomic E-state index is 0.135. The zero-order valence-electron chi connectivity index (χ0n) is 17.9. The Morgan fingerprint density at radius 2 is 2.03 bits per heavy atom. The number of hydrogen-bond donors (Lipinski definition) is 1. The zero-order valence-corrected chi connectivity index (χ0v) is 18.7. The van der Waals surface area contributed by atoms with Crippen molar-refractivity contribution in [3.05, 3.63) is 35.5 Å². The highest BCUT2D eigenvalue weighted by Crippen LogP contribution is 2.13. The van der Waals surface area contributed by atoms with Crippen molar-refractivity contribution in [1.82, 2.24) is 29.5 Å². The first-order valence-electron chi connectivity index (χ1n) is 10.3. The van der Waals surface area contributed by atoms with E-state index in [-0.39, 0.29) is 5.75 Å². The Morgan fingerprint density at radius 3 is 2.63 bits per heavy atom. The fourth-order valence-electron chi connectivity index (χ4n) is 3.50. The summed E-state index contributed by atoms with van der Waals surface area (Å²) in [5.41, 5.74) is 2.61. The van der Waals surface area contributed by atoms with Crippen LogP contribution in [0.4, 0.5) is 0 Å². The lowest BCUT2D eigenvalue weighted by Gasteiger charge is -2.35. The normalized spacial score (nSPS) is 16.2. The molecule has 2 aromatic heterocycles. The van der Waals surface area contributed by atoms with Crippen LogP contribution in [0.1, 0.15) is 30.4 Å². The number of aryl methyl sites for hydroxylation is 3. The van der Waals surface area contributed by atoms with Crippen LogP contribution in [0.5, 0.6) is 0 Å². The average Bonchev–Trinajstić information content (AvgIpc) is 3.33. The molecule has 0 amide bonds. The van der Waals surface area contributed by atoms with Gasteiger partial charge in [0.2, 0.25) is 10.0 Å². The Morgan fingerprint density at radius 1 is 1.27 bits per heavy atom. The monoisotopic (exact) mass is 437 g/mol. The van der Waals surface area contributed by atoms with Crippen LogP contribution in [0.3, 0.4) is 0 Å². The van der Waals surface area contributed by atoms with E-state index < -0.39 is 10.0 Å². The molecular weight excluding hydrogens is 406 g/mol. The number of nitrogens with one attached hydrogen (secondary N) is 1. The highest BCUT2D eigenvalue weighted by atomic mass is 32.2. The van der Waals surface area contributed by atoms with Crippen molar-refractivity contribution in [2.24, 2.45) is 4.99 Å². The van der Waals surface area contributed by atoms with E-state index in [1.807, 2.05) is 18.5 Å². The molecule has 0 spiro atoms. The molecule has 0 unspecified atom stereocenters. The zero-order chi connectivity index (χ0) is 21.6. The standard InChI is InChI=1S/C19H31N7O3S/c1-4-20-19(21-7-5-8-26-17(3)14-16(2)22-26)24-9-11-25(12-10-24)30(27,28)15-18-6-13-29-23-18/h6,13-14H,4-5,7-12,15H2,1-3H3,(H,20,21).